The molecule has 3 aromatic rings. The first-order valence-corrected chi connectivity index (χ1v) is 45.2. The van der Waals surface area contributed by atoms with Gasteiger partial charge in [-0.2, -0.15) is 0 Å². The first-order valence-electron chi connectivity index (χ1n) is 45.2. The highest BCUT2D eigenvalue weighted by atomic mass is 16.4. The van der Waals surface area contributed by atoms with Gasteiger partial charge in [-0.05, 0) is 142 Å². The van der Waals surface area contributed by atoms with Crippen LogP contribution in [0.1, 0.15) is 155 Å². The Morgan fingerprint density at radius 2 is 0.614 bits per heavy atom. The van der Waals surface area contributed by atoms with Crippen LogP contribution in [0.5, 0.6) is 11.5 Å². The lowest BCUT2D eigenvalue weighted by Gasteiger charge is -2.29. The van der Waals surface area contributed by atoms with Crippen LogP contribution in [0.3, 0.4) is 0 Å². The second-order valence-corrected chi connectivity index (χ2v) is 34.3. The van der Waals surface area contributed by atoms with Gasteiger partial charge >= 0.3 is 17.9 Å². The van der Waals surface area contributed by atoms with E-state index < -0.39 is 285 Å². The summed E-state index contributed by atoms with van der Waals surface area (Å²) in [5.74, 6) is -21.8. The average molecular weight is 1980 g/mol. The van der Waals surface area contributed by atoms with E-state index in [1.807, 2.05) is 16.0 Å². The summed E-state index contributed by atoms with van der Waals surface area (Å²) in [6.07, 6.45) is -5.30. The number of hydrogen-bond donors (Lipinski definition) is 32. The molecule has 776 valence electrons. The fourth-order valence-electron chi connectivity index (χ4n) is 13.9. The normalized spacial score (nSPS) is 14.6. The van der Waals surface area contributed by atoms with Crippen molar-refractivity contribution in [1.82, 2.24) is 90.5 Å². The molecule has 52 nitrogen and oxygen atoms in total. The summed E-state index contributed by atoms with van der Waals surface area (Å²) in [6, 6.07) is -9.54. The first-order chi connectivity index (χ1) is 66.1. The number of aliphatic hydroxyl groups is 3. The van der Waals surface area contributed by atoms with Gasteiger partial charge in [-0.3, -0.25) is 102 Å². The van der Waals surface area contributed by atoms with Crippen LogP contribution in [-0.2, 0) is 115 Å². The molecule has 0 aliphatic rings. The van der Waals surface area contributed by atoms with Gasteiger partial charge in [0.25, 0.3) is 0 Å². The minimum atomic E-state index is -2.30. The van der Waals surface area contributed by atoms with Gasteiger partial charge in [-0.1, -0.05) is 96.1 Å². The molecule has 0 radical (unpaired) electrons. The second-order valence-electron chi connectivity index (χ2n) is 34.3. The molecule has 0 aliphatic heterocycles. The summed E-state index contributed by atoms with van der Waals surface area (Å²) in [4.78, 5) is 276. The molecule has 0 spiro atoms. The Bertz CT molecular complexity index is 4670. The minimum absolute atomic E-state index is 0.00344. The van der Waals surface area contributed by atoms with Gasteiger partial charge in [-0.25, -0.2) is 10.2 Å². The molecule has 3 rings (SSSR count). The summed E-state index contributed by atoms with van der Waals surface area (Å²) in [5, 5.41) is 125. The number of carbonyl (C=O) groups excluding carboxylic acids is 17. The predicted octanol–water partition coefficient (Wildman–Crippen LogP) is -9.35. The van der Waals surface area contributed by atoms with E-state index in [2.05, 4.69) is 74.5 Å². The Labute approximate surface area is 806 Å². The standard InChI is InChI=1S/C88H136N24O28/c1-44(2)33-56(76(128)98-52(17-10-12-30-89)72(124)97-53(18-11-13-31-90)73(125)102-58(36-48-20-24-50(116)25-21-48)77(129)99-54(19-14-32-96-88(93)94)74(126)110-66(43-115)87(139)140)101-75(127)55(28-29-67(91)118)100-86(138)71(46(5)6)111-82(134)60(38-68(92)119)105-84(136)64(41-113)109-85(137)65(42-114)108-81(133)62(40-70(122)123)107-80(132)61(39-69(120)121)106-79(131)57(35-47-15-8-7-9-16-47)103-78(130)59(37-49-22-26-51(117)27-23-49)104-83(135)63(112-95)34-45(3)4/h7-9,15-16,20-27,44-46,52-66,71,112-117H,10-14,17-19,28-43,89-90,95H2,1-6H3,(H2,91,118)(H2,92,119)(H,97,124)(H,98,128)(H,99,129)(H,100,138)(H,101,127)(H,102,125)(H,103,130)(H,104,135)(H,105,136)(H,106,131)(H,107,132)(H,108,133)(H,109,137)(H,110,126)(H,111,134)(H,120,121)(H,122,123)(H,139,140)(H4,93,94,96)/t52?,53-,54-,55?,56-,57-,58?,59?,60?,61?,62-,63-,64-,65?,66?,71-/m0/s1. The van der Waals surface area contributed by atoms with E-state index in [0.29, 0.717) is 29.5 Å². The van der Waals surface area contributed by atoms with Gasteiger partial charge < -0.3 is 155 Å². The summed E-state index contributed by atoms with van der Waals surface area (Å²) < 4.78 is 0. The van der Waals surface area contributed by atoms with E-state index in [-0.39, 0.29) is 108 Å². The molecule has 52 heteroatoms. The monoisotopic (exact) mass is 1980 g/mol. The number of phenolic OH excluding ortho intramolecular Hbond substituents is 2. The molecule has 0 saturated heterocycles. The van der Waals surface area contributed by atoms with Crippen molar-refractivity contribution in [2.75, 3.05) is 39.5 Å². The van der Waals surface area contributed by atoms with Crippen LogP contribution in [-0.4, -0.2) is 301 Å². The lowest BCUT2D eigenvalue weighted by molar-refractivity contribution is -0.143. The number of hydrogen-bond acceptors (Lipinski definition) is 30. The van der Waals surface area contributed by atoms with Crippen LogP contribution < -0.4 is 125 Å². The van der Waals surface area contributed by atoms with Crippen LogP contribution in [0.2, 0.25) is 0 Å². The molecule has 0 fully saturated rings. The highest BCUT2D eigenvalue weighted by molar-refractivity contribution is 6.03. The number of guanidine groups is 1. The van der Waals surface area contributed by atoms with Crippen molar-refractivity contribution in [3.8, 4) is 11.5 Å². The van der Waals surface area contributed by atoms with Gasteiger partial charge in [0.2, 0.25) is 100 Å². The number of carboxylic acids is 3. The van der Waals surface area contributed by atoms with Crippen molar-refractivity contribution in [2.24, 2.45) is 52.3 Å². The Kier molecular flexibility index (Phi) is 53.5. The van der Waals surface area contributed by atoms with Crippen molar-refractivity contribution in [1.29, 1.82) is 5.41 Å². The minimum Gasteiger partial charge on any atom is -0.508 e. The number of phenols is 2. The fourth-order valence-corrected chi connectivity index (χ4v) is 13.9. The van der Waals surface area contributed by atoms with Gasteiger partial charge in [0.15, 0.2) is 5.96 Å². The maximum Gasteiger partial charge on any atom is 0.328 e. The zero-order valence-electron chi connectivity index (χ0n) is 78.7. The average Bonchev–Trinajstić information content (AvgIpc) is 0.847. The molecule has 16 atom stereocenters. The third-order valence-corrected chi connectivity index (χ3v) is 21.3. The number of amides is 17. The first kappa shape index (κ1) is 120. The highest BCUT2D eigenvalue weighted by Crippen LogP contribution is 2.19. The fraction of sp³-hybridized carbons (Fsp3) is 0.557. The number of aliphatic hydroxyl groups excluding tert-OH is 3. The molecule has 0 heterocycles. The number of benzene rings is 3. The smallest absolute Gasteiger partial charge is 0.328 e. The molecule has 0 aliphatic carbocycles. The summed E-state index contributed by atoms with van der Waals surface area (Å²) >= 11 is 0. The molecule has 0 saturated carbocycles. The molecule has 3 aromatic carbocycles. The number of nitrogens with two attached hydrogens (primary N) is 6. The van der Waals surface area contributed by atoms with Crippen molar-refractivity contribution >= 4 is 124 Å². The largest absolute Gasteiger partial charge is 0.508 e. The summed E-state index contributed by atoms with van der Waals surface area (Å²) in [5.41, 5.74) is 31.7. The van der Waals surface area contributed by atoms with E-state index >= 15 is 0 Å². The quantitative estimate of drug-likeness (QED) is 0.00820. The number of unbranched alkanes of at least 4 members (excludes halogenated alkanes) is 2. The number of aromatic hydroxyl groups is 2. The Balaban J connectivity index is 1.93. The molecule has 0 bridgehead atoms. The van der Waals surface area contributed by atoms with Crippen LogP contribution >= 0.6 is 0 Å². The maximum absolute atomic E-state index is 14.7. The molecule has 8 unspecified atom stereocenters. The molecular formula is C88H136N24O28. The number of carboxylic acid groups (broad SMARTS) is 3. The van der Waals surface area contributed by atoms with Gasteiger partial charge in [0.05, 0.1) is 45.1 Å². The topological polar surface area (TPSA) is 888 Å². The van der Waals surface area contributed by atoms with Crippen LogP contribution in [0, 0.1) is 23.2 Å². The van der Waals surface area contributed by atoms with Crippen molar-refractivity contribution in [2.45, 2.75) is 254 Å². The Hall–Kier alpha value is -14.3. The lowest BCUT2D eigenvalue weighted by Crippen LogP contribution is -2.62. The predicted molar refractivity (Wildman–Crippen MR) is 498 cm³/mol. The third-order valence-electron chi connectivity index (χ3n) is 21.3. The molecular weight excluding hydrogens is 1840 g/mol. The second kappa shape index (κ2) is 62.5. The number of carbonyl (C=O) groups is 20. The molecule has 17 amide bonds. The molecule has 0 aromatic heterocycles. The van der Waals surface area contributed by atoms with E-state index in [4.69, 9.17) is 39.9 Å². The van der Waals surface area contributed by atoms with E-state index in [9.17, 15) is 137 Å². The molecule has 140 heavy (non-hydrogen) atoms. The van der Waals surface area contributed by atoms with E-state index in [0.717, 1.165) is 0 Å². The Morgan fingerprint density at radius 1 is 0.321 bits per heavy atom. The summed E-state index contributed by atoms with van der Waals surface area (Å²) in [7, 11) is 0. The third kappa shape index (κ3) is 44.8. The number of nitrogens with one attached hydrogen (secondary N) is 18. The maximum atomic E-state index is 14.7. The van der Waals surface area contributed by atoms with Gasteiger partial charge in [0, 0.05) is 32.2 Å². The zero-order chi connectivity index (χ0) is 105. The van der Waals surface area contributed by atoms with Crippen molar-refractivity contribution < 1.29 is 137 Å². The van der Waals surface area contributed by atoms with Crippen LogP contribution in [0.4, 0.5) is 0 Å². The van der Waals surface area contributed by atoms with Gasteiger partial charge in [-0.15, -0.1) is 0 Å². The van der Waals surface area contributed by atoms with Gasteiger partial charge in [0.1, 0.15) is 102 Å². The lowest BCUT2D eigenvalue weighted by atomic mass is 9.99. The zero-order valence-corrected chi connectivity index (χ0v) is 78.7. The number of primary amides is 2. The van der Waals surface area contributed by atoms with Crippen molar-refractivity contribution in [3.05, 3.63) is 95.6 Å². The number of aliphatic carboxylic acids is 3. The number of hydrazine groups is 1. The number of rotatable bonds is 67. The summed E-state index contributed by atoms with van der Waals surface area (Å²) in [6.45, 7) is 6.09. The van der Waals surface area contributed by atoms with E-state index in [1.54, 1.807) is 58.0 Å². The van der Waals surface area contributed by atoms with Crippen molar-refractivity contribution in [3.63, 3.8) is 0 Å². The molecule has 38 N–H and O–H groups in total. The highest BCUT2D eigenvalue weighted by Gasteiger charge is 2.41. The van der Waals surface area contributed by atoms with Crippen LogP contribution in [0.15, 0.2) is 78.9 Å². The van der Waals surface area contributed by atoms with E-state index in [1.165, 1.54) is 62.4 Å². The van der Waals surface area contributed by atoms with Crippen LogP contribution in [0.25, 0.3) is 0 Å². The Morgan fingerprint density at radius 3 is 0.957 bits per heavy atom. The SMILES string of the molecule is CC(C)C[C@H](NN)C(=O)NC(Cc1ccc(O)cc1)C(=O)N[C@@H](Cc1ccccc1)C(=O)NC(CC(=O)O)C(=O)N[C@@H](CC(=O)O)C(=O)NC(CO)C(=O)N[C@@H](CO)C(=O)NC(CC(N)=O)C(=O)N[C@H](C(=O)NC(CCC(N)=O)C(=O)N[C@@H](CC(C)C)C(=O)NC(CCCCN)C(=O)N[C@@H](CCCCN)C(=O)NC(Cc1ccc(O)cc1)C(=O)N[C@@H](CCCNC(=N)N)C(=O)NC(CO)C(=O)O)C(C)C.